The van der Waals surface area contributed by atoms with Crippen molar-refractivity contribution in [3.8, 4) is 0 Å². The van der Waals surface area contributed by atoms with Gasteiger partial charge < -0.3 is 5.73 Å². The number of nitrogen functional groups attached to an aromatic ring is 1. The maximum Gasteiger partial charge on any atom is 0.202 e. The van der Waals surface area contributed by atoms with Crippen LogP contribution < -0.4 is 5.73 Å². The molecule has 3 heterocycles. The zero-order valence-corrected chi connectivity index (χ0v) is 11.7. The van der Waals surface area contributed by atoms with E-state index in [0.717, 1.165) is 35.1 Å². The third-order valence-electron chi connectivity index (χ3n) is 2.82. The molecule has 8 heteroatoms. The number of fused-ring (bicyclic) bond motifs is 1. The number of aryl methyl sites for hydroxylation is 2. The number of nitrogens with zero attached hydrogens (tertiary/aromatic N) is 6. The van der Waals surface area contributed by atoms with Gasteiger partial charge in [-0.1, -0.05) is 5.21 Å². The molecule has 0 aliphatic heterocycles. The average molecular weight is 322 g/mol. The molecule has 0 radical (unpaired) electrons. The van der Waals surface area contributed by atoms with Gasteiger partial charge in [0, 0.05) is 30.0 Å². The van der Waals surface area contributed by atoms with E-state index in [1.165, 1.54) is 0 Å². The van der Waals surface area contributed by atoms with E-state index in [9.17, 15) is 0 Å². The van der Waals surface area contributed by atoms with Crippen LogP contribution in [0, 0.1) is 0 Å². The van der Waals surface area contributed by atoms with E-state index in [4.69, 9.17) is 5.73 Å². The van der Waals surface area contributed by atoms with E-state index in [1.54, 1.807) is 17.1 Å². The first-order chi connectivity index (χ1) is 9.24. The van der Waals surface area contributed by atoms with Crippen LogP contribution in [-0.4, -0.2) is 29.5 Å². The summed E-state index contributed by atoms with van der Waals surface area (Å²) in [5, 5.41) is 7.69. The number of anilines is 1. The van der Waals surface area contributed by atoms with E-state index in [1.807, 2.05) is 16.8 Å². The monoisotopic (exact) mass is 321 g/mol. The number of hydrogen-bond donors (Lipinski definition) is 1. The van der Waals surface area contributed by atoms with Crippen LogP contribution in [0.4, 0.5) is 5.95 Å². The fourth-order valence-corrected chi connectivity index (χ4v) is 2.29. The third kappa shape index (κ3) is 2.43. The average Bonchev–Trinajstić information content (AvgIpc) is 2.98. The molecule has 3 aromatic heterocycles. The van der Waals surface area contributed by atoms with Crippen molar-refractivity contribution in [3.05, 3.63) is 29.1 Å². The molecule has 0 saturated carbocycles. The largest absolute Gasteiger partial charge is 0.369 e. The lowest BCUT2D eigenvalue weighted by molar-refractivity contribution is 0.520. The summed E-state index contributed by atoms with van der Waals surface area (Å²) in [6.45, 7) is 1.53. The van der Waals surface area contributed by atoms with Crippen LogP contribution >= 0.6 is 15.9 Å². The van der Waals surface area contributed by atoms with Crippen LogP contribution in [0.25, 0.3) is 11.2 Å². The van der Waals surface area contributed by atoms with Crippen molar-refractivity contribution in [1.82, 2.24) is 29.5 Å². The van der Waals surface area contributed by atoms with Gasteiger partial charge in [-0.05, 0) is 28.4 Å². The van der Waals surface area contributed by atoms with E-state index >= 15 is 0 Å². The highest BCUT2D eigenvalue weighted by atomic mass is 79.9. The van der Waals surface area contributed by atoms with Gasteiger partial charge >= 0.3 is 0 Å². The number of aromatic nitrogens is 6. The van der Waals surface area contributed by atoms with E-state index < -0.39 is 0 Å². The Balaban J connectivity index is 1.78. The van der Waals surface area contributed by atoms with Gasteiger partial charge in [-0.15, -0.1) is 5.10 Å². The standard InChI is InChI=1S/C11H12BrN7/c12-8-6-9-10(14-7-8)19(11(13)16-9)4-1-3-18-5-2-15-17-18/h2,5-7H,1,3-4H2,(H2,13,16). The quantitative estimate of drug-likeness (QED) is 0.786. The molecule has 7 nitrogen and oxygen atoms in total. The van der Waals surface area contributed by atoms with Gasteiger partial charge in [-0.3, -0.25) is 9.25 Å². The molecule has 3 aromatic rings. The Morgan fingerprint density at radius 1 is 1.32 bits per heavy atom. The van der Waals surface area contributed by atoms with Crippen LogP contribution in [0.2, 0.25) is 0 Å². The van der Waals surface area contributed by atoms with Crippen molar-refractivity contribution in [2.75, 3.05) is 5.73 Å². The van der Waals surface area contributed by atoms with Crippen LogP contribution in [0.15, 0.2) is 29.1 Å². The summed E-state index contributed by atoms with van der Waals surface area (Å²) in [5.74, 6) is 0.485. The van der Waals surface area contributed by atoms with Crippen molar-refractivity contribution in [1.29, 1.82) is 0 Å². The van der Waals surface area contributed by atoms with Crippen molar-refractivity contribution < 1.29 is 0 Å². The van der Waals surface area contributed by atoms with Gasteiger partial charge in [0.1, 0.15) is 5.52 Å². The van der Waals surface area contributed by atoms with Crippen LogP contribution in [0.5, 0.6) is 0 Å². The highest BCUT2D eigenvalue weighted by Gasteiger charge is 2.09. The lowest BCUT2D eigenvalue weighted by Gasteiger charge is -2.05. The molecule has 0 atom stereocenters. The number of nitrogens with two attached hydrogens (primary N) is 1. The van der Waals surface area contributed by atoms with Gasteiger partial charge in [0.25, 0.3) is 0 Å². The molecule has 19 heavy (non-hydrogen) atoms. The van der Waals surface area contributed by atoms with Gasteiger partial charge in [0.15, 0.2) is 5.65 Å². The number of rotatable bonds is 4. The fraction of sp³-hybridized carbons (Fsp3) is 0.273. The lowest BCUT2D eigenvalue weighted by Crippen LogP contribution is -2.08. The minimum absolute atomic E-state index is 0.485. The number of pyridine rings is 1. The molecular weight excluding hydrogens is 310 g/mol. The zero-order valence-electron chi connectivity index (χ0n) is 10.1. The second-order valence-corrected chi connectivity index (χ2v) is 5.05. The zero-order chi connectivity index (χ0) is 13.2. The Hall–Kier alpha value is -1.96. The summed E-state index contributed by atoms with van der Waals surface area (Å²) < 4.78 is 4.60. The lowest BCUT2D eigenvalue weighted by atomic mass is 10.4. The number of imidazole rings is 1. The molecule has 0 spiro atoms. The highest BCUT2D eigenvalue weighted by molar-refractivity contribution is 9.10. The minimum atomic E-state index is 0.485. The Labute approximate surface area is 117 Å². The predicted octanol–water partition coefficient (Wildman–Crippen LogP) is 1.46. The normalized spacial score (nSPS) is 11.2. The molecule has 98 valence electrons. The van der Waals surface area contributed by atoms with Crippen molar-refractivity contribution in [3.63, 3.8) is 0 Å². The van der Waals surface area contributed by atoms with Gasteiger partial charge in [-0.2, -0.15) is 0 Å². The SMILES string of the molecule is Nc1nc2cc(Br)cnc2n1CCCn1ccnn1. The molecule has 0 aliphatic carbocycles. The Morgan fingerprint density at radius 2 is 2.21 bits per heavy atom. The van der Waals surface area contributed by atoms with E-state index in [-0.39, 0.29) is 0 Å². The molecule has 0 fully saturated rings. The second-order valence-electron chi connectivity index (χ2n) is 4.14. The van der Waals surface area contributed by atoms with E-state index in [2.05, 4.69) is 36.2 Å². The van der Waals surface area contributed by atoms with Gasteiger partial charge in [-0.25, -0.2) is 9.97 Å². The summed E-state index contributed by atoms with van der Waals surface area (Å²) in [5.41, 5.74) is 7.53. The summed E-state index contributed by atoms with van der Waals surface area (Å²) in [7, 11) is 0. The summed E-state index contributed by atoms with van der Waals surface area (Å²) in [4.78, 5) is 8.66. The van der Waals surface area contributed by atoms with Gasteiger partial charge in [0.2, 0.25) is 5.95 Å². The third-order valence-corrected chi connectivity index (χ3v) is 3.26. The Bertz CT molecular complexity index is 688. The highest BCUT2D eigenvalue weighted by Crippen LogP contribution is 2.19. The molecule has 0 aromatic carbocycles. The molecule has 3 rings (SSSR count). The number of hydrogen-bond acceptors (Lipinski definition) is 5. The fourth-order valence-electron chi connectivity index (χ4n) is 1.97. The first-order valence-corrected chi connectivity index (χ1v) is 6.65. The second kappa shape index (κ2) is 4.96. The molecule has 0 unspecified atom stereocenters. The molecule has 2 N–H and O–H groups in total. The van der Waals surface area contributed by atoms with Gasteiger partial charge in [0.05, 0.1) is 6.20 Å². The van der Waals surface area contributed by atoms with Crippen LogP contribution in [0.1, 0.15) is 6.42 Å². The maximum absolute atomic E-state index is 5.92. The minimum Gasteiger partial charge on any atom is -0.369 e. The van der Waals surface area contributed by atoms with Crippen molar-refractivity contribution in [2.45, 2.75) is 19.5 Å². The molecule has 0 bridgehead atoms. The molecule has 0 saturated heterocycles. The molecular formula is C11H12BrN7. The van der Waals surface area contributed by atoms with Crippen molar-refractivity contribution >= 4 is 33.0 Å². The first kappa shape index (κ1) is 12.1. The van der Waals surface area contributed by atoms with Crippen LogP contribution in [0.3, 0.4) is 0 Å². The summed E-state index contributed by atoms with van der Waals surface area (Å²) >= 11 is 3.37. The maximum atomic E-state index is 5.92. The predicted molar refractivity (Wildman–Crippen MR) is 74.3 cm³/mol. The first-order valence-electron chi connectivity index (χ1n) is 5.85. The Morgan fingerprint density at radius 3 is 3.00 bits per heavy atom. The van der Waals surface area contributed by atoms with Crippen LogP contribution in [-0.2, 0) is 13.1 Å². The smallest absolute Gasteiger partial charge is 0.202 e. The topological polar surface area (TPSA) is 87.4 Å². The van der Waals surface area contributed by atoms with E-state index in [0.29, 0.717) is 5.95 Å². The Kier molecular flexibility index (Phi) is 3.16. The molecule has 0 amide bonds. The van der Waals surface area contributed by atoms with Crippen molar-refractivity contribution in [2.24, 2.45) is 0 Å². The summed E-state index contributed by atoms with van der Waals surface area (Å²) in [6.07, 6.45) is 6.14. The number of halogens is 1. The molecule has 0 aliphatic rings. The summed E-state index contributed by atoms with van der Waals surface area (Å²) in [6, 6.07) is 1.91.